The molecule has 10 heterocycles. The highest BCUT2D eigenvalue weighted by Crippen LogP contribution is 2.36. The molecule has 0 spiro atoms. The van der Waals surface area contributed by atoms with Gasteiger partial charge in [0.1, 0.15) is 28.3 Å². The van der Waals surface area contributed by atoms with E-state index in [1.807, 2.05) is 138 Å². The van der Waals surface area contributed by atoms with Crippen molar-refractivity contribution in [3.8, 4) is 33.4 Å². The van der Waals surface area contributed by atoms with Crippen molar-refractivity contribution in [2.75, 3.05) is 14.4 Å². The first kappa shape index (κ1) is 49.4. The largest absolute Gasteiger partial charge is 0.457 e. The van der Waals surface area contributed by atoms with Crippen LogP contribution in [0.15, 0.2) is 225 Å². The molecular weight excluding hydrogens is 1070 g/mol. The lowest BCUT2D eigenvalue weighted by Crippen LogP contribution is -2.52. The minimum Gasteiger partial charge on any atom is -0.457 e. The maximum atomic E-state index is 8.10. The zero-order chi connectivity index (χ0) is 65.4. The monoisotopic (exact) mass is 1140 g/mol. The van der Waals surface area contributed by atoms with Gasteiger partial charge >= 0.3 is 20.5 Å². The Hall–Kier alpha value is -9.87. The Morgan fingerprint density at radius 2 is 0.839 bits per heavy atom. The maximum Gasteiger partial charge on any atom is 0.447 e. The quantitative estimate of drug-likeness (QED) is 0.121. The van der Waals surface area contributed by atoms with Crippen molar-refractivity contribution < 1.29 is 35.2 Å². The fourth-order valence-electron chi connectivity index (χ4n) is 13.3. The molecule has 7 aromatic heterocycles. The first-order valence-corrected chi connectivity index (χ1v) is 29.6. The molecule has 15 rings (SSSR count). The molecule has 0 aliphatic carbocycles. The number of hydrogen-bond donors (Lipinski definition) is 0. The Morgan fingerprint density at radius 1 is 0.425 bits per heavy atom. The minimum atomic E-state index is -2.22. The van der Waals surface area contributed by atoms with Crippen LogP contribution in [-0.4, -0.2) is 25.5 Å². The molecule has 87 heavy (non-hydrogen) atoms. The molecule has 0 saturated heterocycles. The molecule has 0 fully saturated rings. The summed E-state index contributed by atoms with van der Waals surface area (Å²) in [6.07, 6.45) is 13.8. The van der Waals surface area contributed by atoms with Gasteiger partial charge in [0.15, 0.2) is 0 Å². The van der Waals surface area contributed by atoms with Gasteiger partial charge in [-0.3, -0.25) is 14.4 Å². The Labute approximate surface area is 520 Å². The van der Waals surface area contributed by atoms with E-state index in [9.17, 15) is 0 Å². The van der Waals surface area contributed by atoms with Gasteiger partial charge in [0.2, 0.25) is 5.71 Å². The van der Waals surface area contributed by atoms with Crippen LogP contribution in [0.1, 0.15) is 62.8 Å². The highest BCUT2D eigenvalue weighted by molar-refractivity contribution is 6.80. The van der Waals surface area contributed by atoms with Gasteiger partial charge in [0.05, 0.1) is 56.8 Å². The van der Waals surface area contributed by atoms with Gasteiger partial charge in [0, 0.05) is 83.0 Å². The maximum absolute atomic E-state index is 8.10. The third-order valence-corrected chi connectivity index (χ3v) is 17.4. The molecule has 10 nitrogen and oxygen atoms in total. The molecule has 426 valence electrons. The molecular formula is C74H71B3N7O3+3. The van der Waals surface area contributed by atoms with Gasteiger partial charge in [-0.1, -0.05) is 127 Å². The van der Waals surface area contributed by atoms with E-state index in [-0.39, 0.29) is 20.5 Å². The molecule has 12 aromatic rings. The molecule has 0 N–H and O–H groups in total. The normalized spacial score (nSPS) is 14.9. The van der Waals surface area contributed by atoms with Gasteiger partial charge in [-0.2, -0.15) is 0 Å². The van der Waals surface area contributed by atoms with E-state index in [1.54, 1.807) is 18.6 Å². The first-order valence-electron chi connectivity index (χ1n) is 32.6. The van der Waals surface area contributed by atoms with Gasteiger partial charge in [-0.25, -0.2) is 18.7 Å². The lowest BCUT2D eigenvalue weighted by Gasteiger charge is -2.27. The number of aromatic nitrogens is 4. The predicted octanol–water partition coefficient (Wildman–Crippen LogP) is 14.2. The van der Waals surface area contributed by atoms with Crippen molar-refractivity contribution in [2.24, 2.45) is 21.1 Å². The van der Waals surface area contributed by atoms with E-state index in [0.717, 1.165) is 89.9 Å². The topological polar surface area (TPSA) is 73.7 Å². The van der Waals surface area contributed by atoms with E-state index in [1.165, 1.54) is 39.1 Å². The fraction of sp³-hybridized carbons (Fsp3) is 0.162. The average molecular weight is 1140 g/mol. The van der Waals surface area contributed by atoms with Crippen molar-refractivity contribution >= 4 is 106 Å². The average Bonchev–Trinajstić information content (AvgIpc) is 1.72. The SMILES string of the molecule is CB1c2c(oc3ccccc23)C=C(C)N1c1cc(C)c(-c2ccccc2)c[n+]1C.[2H]C([2H])([2H])c1c[n+](C)c(N2B(C)c3c(oc4ccccc34)C=C2C)cc1-c1ccccc1.[2H]C([2H])([2H])c1c[n+](C)c(N2B(C)c3oc4ncccc4c3C=C2C)cc1-c1ccccc1. The van der Waals surface area contributed by atoms with Crippen LogP contribution < -0.4 is 44.7 Å². The molecule has 0 atom stereocenters. The first-order chi connectivity index (χ1) is 44.5. The number of furan rings is 3. The summed E-state index contributed by atoms with van der Waals surface area (Å²) < 4.78 is 73.0. The van der Waals surface area contributed by atoms with Crippen LogP contribution in [0.5, 0.6) is 0 Å². The second kappa shape index (κ2) is 22.9. The number of pyridine rings is 4. The summed E-state index contributed by atoms with van der Waals surface area (Å²) in [5, 5.41) is 3.30. The number of anilines is 3. The summed E-state index contributed by atoms with van der Waals surface area (Å²) in [6, 6.07) is 56.6. The van der Waals surface area contributed by atoms with Crippen molar-refractivity contribution in [3.63, 3.8) is 0 Å². The fourth-order valence-corrected chi connectivity index (χ4v) is 13.3. The second-order valence-electron chi connectivity index (χ2n) is 23.1. The Kier molecular flexibility index (Phi) is 13.0. The van der Waals surface area contributed by atoms with Crippen molar-refractivity contribution in [3.05, 3.63) is 246 Å². The van der Waals surface area contributed by atoms with Crippen LogP contribution in [0.3, 0.4) is 0 Å². The van der Waals surface area contributed by atoms with E-state index >= 15 is 0 Å². The Morgan fingerprint density at radius 3 is 1.33 bits per heavy atom. The molecule has 3 aliphatic heterocycles. The lowest BCUT2D eigenvalue weighted by molar-refractivity contribution is -0.658. The number of aryl methyl sites for hydroxylation is 6. The third-order valence-electron chi connectivity index (χ3n) is 17.4. The van der Waals surface area contributed by atoms with Crippen molar-refractivity contribution in [1.82, 2.24) is 4.98 Å². The third kappa shape index (κ3) is 10.1. The van der Waals surface area contributed by atoms with E-state index < -0.39 is 13.7 Å². The standard InChI is InChI=1S/2C25H24BN2O.C24H23BN3O/c1-17-16-27(4)24(15-21(17)19-10-6-5-7-11-19)28-18(2)14-23-25(26(28)3)20-12-8-9-13-22(20)29-23;1-17-14-24(27(4)16-21(17)19-10-6-5-7-11-19)28-18(2)15-23-25(26(28)3)20-12-8-9-13-22(20)29-23;1-16-15-27(4)22(14-20(16)18-9-6-5-7-10-18)28-17(2)13-21-19-11-8-12-26-24(19)29-23(21)25(28)3/h2*5-16H,1-4H3;5-15H,1-4H3/q3*+1/i1D3;;1D3. The van der Waals surface area contributed by atoms with E-state index in [2.05, 4.69) is 158 Å². The zero-order valence-corrected chi connectivity index (χ0v) is 50.8. The predicted molar refractivity (Wildman–Crippen MR) is 362 cm³/mol. The van der Waals surface area contributed by atoms with Gasteiger partial charge < -0.3 is 13.3 Å². The molecule has 5 aromatic carbocycles. The number of allylic oxidation sites excluding steroid dienone is 3. The molecule has 0 saturated carbocycles. The number of benzene rings is 5. The van der Waals surface area contributed by atoms with Gasteiger partial charge in [-0.15, -0.1) is 0 Å². The summed E-state index contributed by atoms with van der Waals surface area (Å²) in [4.78, 5) is 11.2. The lowest BCUT2D eigenvalue weighted by atomic mass is 9.53. The van der Waals surface area contributed by atoms with Gasteiger partial charge in [-0.05, 0) is 137 Å². The van der Waals surface area contributed by atoms with Crippen LogP contribution in [-0.2, 0) is 21.1 Å². The summed E-state index contributed by atoms with van der Waals surface area (Å²) in [5.74, 6) is 4.86. The molecule has 0 unspecified atom stereocenters. The zero-order valence-electron chi connectivity index (χ0n) is 56.8. The van der Waals surface area contributed by atoms with Crippen LogP contribution >= 0.6 is 0 Å². The van der Waals surface area contributed by atoms with Crippen LogP contribution in [0.4, 0.5) is 17.5 Å². The number of hydrogen-bond acceptors (Lipinski definition) is 7. The Balaban J connectivity index is 0.000000127. The van der Waals surface area contributed by atoms with E-state index in [0.29, 0.717) is 22.4 Å². The van der Waals surface area contributed by atoms with Crippen molar-refractivity contribution in [2.45, 2.75) is 61.9 Å². The van der Waals surface area contributed by atoms with E-state index in [4.69, 9.17) is 21.5 Å². The van der Waals surface area contributed by atoms with Crippen LogP contribution in [0, 0.1) is 20.6 Å². The molecule has 13 heteroatoms. The smallest absolute Gasteiger partial charge is 0.447 e. The number of nitrogens with zero attached hydrogens (tertiary/aromatic N) is 7. The van der Waals surface area contributed by atoms with Crippen LogP contribution in [0.2, 0.25) is 20.5 Å². The molecule has 3 aliphatic rings. The molecule has 0 radical (unpaired) electrons. The Bertz CT molecular complexity index is 4960. The van der Waals surface area contributed by atoms with Crippen molar-refractivity contribution in [1.29, 1.82) is 0 Å². The number of para-hydroxylation sites is 2. The highest BCUT2D eigenvalue weighted by atomic mass is 16.3. The summed E-state index contributed by atoms with van der Waals surface area (Å²) in [7, 11) is 5.92. The summed E-state index contributed by atoms with van der Waals surface area (Å²) >= 11 is 0. The minimum absolute atomic E-state index is 0.0204. The van der Waals surface area contributed by atoms with Crippen LogP contribution in [0.25, 0.3) is 84.6 Å². The van der Waals surface area contributed by atoms with Gasteiger partial charge in [0.25, 0.3) is 17.5 Å². The molecule has 0 amide bonds. The summed E-state index contributed by atoms with van der Waals surface area (Å²) in [5.41, 5.74) is 17.7. The number of rotatable bonds is 6. The second-order valence-corrected chi connectivity index (χ2v) is 23.1. The summed E-state index contributed by atoms with van der Waals surface area (Å²) in [6.45, 7) is 10.7. The molecule has 0 bridgehead atoms. The highest BCUT2D eigenvalue weighted by Gasteiger charge is 2.43. The number of fused-ring (bicyclic) bond motifs is 9.